The highest BCUT2D eigenvalue weighted by Crippen LogP contribution is 2.25. The van der Waals surface area contributed by atoms with Crippen LogP contribution in [0.3, 0.4) is 0 Å². The zero-order valence-electron chi connectivity index (χ0n) is 12.2. The lowest BCUT2D eigenvalue weighted by Crippen LogP contribution is -2.40. The standard InChI is InChI=1S/C14H23NO4/c1-10(12(16)18-5)9-11-7-6-8-15(11)13(17)19-14(2,3)4/h11H,1,6-9H2,2-5H3. The second-order valence-corrected chi connectivity index (χ2v) is 5.77. The highest BCUT2D eigenvalue weighted by molar-refractivity contribution is 5.87. The molecule has 0 spiro atoms. The lowest BCUT2D eigenvalue weighted by molar-refractivity contribution is -0.136. The van der Waals surface area contributed by atoms with Gasteiger partial charge in [0.05, 0.1) is 7.11 Å². The van der Waals surface area contributed by atoms with Crippen molar-refractivity contribution >= 4 is 12.1 Å². The van der Waals surface area contributed by atoms with Gasteiger partial charge in [-0.1, -0.05) is 6.58 Å². The summed E-state index contributed by atoms with van der Waals surface area (Å²) in [7, 11) is 1.33. The van der Waals surface area contributed by atoms with Gasteiger partial charge in [0.1, 0.15) is 5.60 Å². The molecule has 1 rings (SSSR count). The van der Waals surface area contributed by atoms with Crippen molar-refractivity contribution in [2.75, 3.05) is 13.7 Å². The third-order valence-corrected chi connectivity index (χ3v) is 2.96. The van der Waals surface area contributed by atoms with Gasteiger partial charge in [0, 0.05) is 18.2 Å². The molecule has 1 heterocycles. The Bertz CT molecular complexity index is 370. The van der Waals surface area contributed by atoms with Crippen molar-refractivity contribution in [2.24, 2.45) is 0 Å². The van der Waals surface area contributed by atoms with Crippen LogP contribution < -0.4 is 0 Å². The van der Waals surface area contributed by atoms with Gasteiger partial charge < -0.3 is 14.4 Å². The van der Waals surface area contributed by atoms with Gasteiger partial charge in [-0.15, -0.1) is 0 Å². The molecule has 0 bridgehead atoms. The number of esters is 1. The summed E-state index contributed by atoms with van der Waals surface area (Å²) in [6, 6.07) is -0.0264. The van der Waals surface area contributed by atoms with E-state index in [0.717, 1.165) is 12.8 Å². The lowest BCUT2D eigenvalue weighted by atomic mass is 10.1. The molecule has 0 saturated carbocycles. The average molecular weight is 269 g/mol. The Morgan fingerprint density at radius 1 is 1.37 bits per heavy atom. The van der Waals surface area contributed by atoms with E-state index in [9.17, 15) is 9.59 Å². The third-order valence-electron chi connectivity index (χ3n) is 2.96. The molecular formula is C14H23NO4. The summed E-state index contributed by atoms with van der Waals surface area (Å²) in [6.45, 7) is 9.87. The van der Waals surface area contributed by atoms with E-state index in [1.807, 2.05) is 20.8 Å². The fourth-order valence-electron chi connectivity index (χ4n) is 2.12. The first kappa shape index (κ1) is 15.5. The monoisotopic (exact) mass is 269 g/mol. The maximum atomic E-state index is 12.1. The van der Waals surface area contributed by atoms with Crippen molar-refractivity contribution in [3.63, 3.8) is 0 Å². The molecular weight excluding hydrogens is 246 g/mol. The van der Waals surface area contributed by atoms with Gasteiger partial charge in [0.2, 0.25) is 0 Å². The third kappa shape index (κ3) is 4.58. The number of likely N-dealkylation sites (tertiary alicyclic amines) is 1. The minimum Gasteiger partial charge on any atom is -0.466 e. The van der Waals surface area contributed by atoms with Crippen molar-refractivity contribution in [1.29, 1.82) is 0 Å². The predicted molar refractivity (Wildman–Crippen MR) is 71.7 cm³/mol. The first-order valence-corrected chi connectivity index (χ1v) is 6.50. The number of amides is 1. The van der Waals surface area contributed by atoms with Gasteiger partial charge in [0.15, 0.2) is 0 Å². The molecule has 5 nitrogen and oxygen atoms in total. The Kier molecular flexibility index (Phi) is 4.97. The minimum atomic E-state index is -0.510. The topological polar surface area (TPSA) is 55.8 Å². The molecule has 1 amide bonds. The Labute approximate surface area is 114 Å². The molecule has 19 heavy (non-hydrogen) atoms. The fourth-order valence-corrected chi connectivity index (χ4v) is 2.12. The van der Waals surface area contributed by atoms with Crippen LogP contribution in [0.25, 0.3) is 0 Å². The first-order chi connectivity index (χ1) is 8.74. The molecule has 0 N–H and O–H groups in total. The van der Waals surface area contributed by atoms with Crippen LogP contribution in [0.1, 0.15) is 40.0 Å². The molecule has 0 aromatic rings. The zero-order valence-corrected chi connectivity index (χ0v) is 12.2. The molecule has 1 fully saturated rings. The normalized spacial score (nSPS) is 19.2. The van der Waals surface area contributed by atoms with Crippen molar-refractivity contribution in [3.8, 4) is 0 Å². The molecule has 1 saturated heterocycles. The fraction of sp³-hybridized carbons (Fsp3) is 0.714. The van der Waals surface area contributed by atoms with E-state index in [0.29, 0.717) is 18.5 Å². The first-order valence-electron chi connectivity index (χ1n) is 6.50. The van der Waals surface area contributed by atoms with Gasteiger partial charge in [-0.25, -0.2) is 9.59 Å². The van der Waals surface area contributed by atoms with E-state index >= 15 is 0 Å². The maximum Gasteiger partial charge on any atom is 0.410 e. The predicted octanol–water partition coefficient (Wildman–Crippen LogP) is 2.51. The van der Waals surface area contributed by atoms with Crippen LogP contribution in [0.5, 0.6) is 0 Å². The van der Waals surface area contributed by atoms with E-state index in [2.05, 4.69) is 11.3 Å². The van der Waals surface area contributed by atoms with Crippen LogP contribution in [0.2, 0.25) is 0 Å². The molecule has 1 unspecified atom stereocenters. The number of ether oxygens (including phenoxy) is 2. The SMILES string of the molecule is C=C(CC1CCCN1C(=O)OC(C)(C)C)C(=O)OC. The number of hydrogen-bond acceptors (Lipinski definition) is 4. The number of hydrogen-bond donors (Lipinski definition) is 0. The smallest absolute Gasteiger partial charge is 0.410 e. The Balaban J connectivity index is 2.61. The van der Waals surface area contributed by atoms with E-state index in [-0.39, 0.29) is 12.1 Å². The van der Waals surface area contributed by atoms with Gasteiger partial charge in [-0.3, -0.25) is 0 Å². The van der Waals surface area contributed by atoms with Crippen LogP contribution >= 0.6 is 0 Å². The van der Waals surface area contributed by atoms with E-state index < -0.39 is 11.6 Å². The number of carbonyl (C=O) groups excluding carboxylic acids is 2. The molecule has 0 aromatic carbocycles. The average Bonchev–Trinajstić information content (AvgIpc) is 2.73. The molecule has 0 radical (unpaired) electrons. The van der Waals surface area contributed by atoms with E-state index in [1.54, 1.807) is 4.90 Å². The van der Waals surface area contributed by atoms with Crippen LogP contribution in [0.4, 0.5) is 4.79 Å². The van der Waals surface area contributed by atoms with Crippen LogP contribution in [-0.4, -0.2) is 42.3 Å². The highest BCUT2D eigenvalue weighted by atomic mass is 16.6. The number of carbonyl (C=O) groups is 2. The summed E-state index contributed by atoms with van der Waals surface area (Å²) < 4.78 is 9.99. The summed E-state index contributed by atoms with van der Waals surface area (Å²) >= 11 is 0. The van der Waals surface area contributed by atoms with Crippen molar-refractivity contribution in [3.05, 3.63) is 12.2 Å². The Morgan fingerprint density at radius 2 is 2.00 bits per heavy atom. The maximum absolute atomic E-state index is 12.1. The summed E-state index contributed by atoms with van der Waals surface area (Å²) in [5.74, 6) is -0.420. The quantitative estimate of drug-likeness (QED) is 0.583. The van der Waals surface area contributed by atoms with Crippen molar-refractivity contribution < 1.29 is 19.1 Å². The van der Waals surface area contributed by atoms with Gasteiger partial charge in [-0.05, 0) is 40.0 Å². The van der Waals surface area contributed by atoms with E-state index in [4.69, 9.17) is 4.74 Å². The lowest BCUT2D eigenvalue weighted by Gasteiger charge is -2.28. The summed E-state index contributed by atoms with van der Waals surface area (Å²) in [5, 5.41) is 0. The molecule has 1 aliphatic heterocycles. The molecule has 1 aliphatic rings. The van der Waals surface area contributed by atoms with E-state index in [1.165, 1.54) is 7.11 Å². The molecule has 0 aliphatic carbocycles. The Hall–Kier alpha value is -1.52. The van der Waals surface area contributed by atoms with Gasteiger partial charge in [-0.2, -0.15) is 0 Å². The summed E-state index contributed by atoms with van der Waals surface area (Å²) in [5.41, 5.74) is -0.119. The number of nitrogens with zero attached hydrogens (tertiary/aromatic N) is 1. The number of methoxy groups -OCH3 is 1. The largest absolute Gasteiger partial charge is 0.466 e. The van der Waals surface area contributed by atoms with Crippen molar-refractivity contribution in [2.45, 2.75) is 51.7 Å². The molecule has 0 aromatic heterocycles. The van der Waals surface area contributed by atoms with Gasteiger partial charge >= 0.3 is 12.1 Å². The summed E-state index contributed by atoms with van der Waals surface area (Å²) in [6.07, 6.45) is 1.88. The Morgan fingerprint density at radius 3 is 2.53 bits per heavy atom. The minimum absolute atomic E-state index is 0.0264. The molecule has 1 atom stereocenters. The number of rotatable bonds is 3. The second kappa shape index (κ2) is 6.08. The molecule has 5 heteroatoms. The molecule has 108 valence electrons. The zero-order chi connectivity index (χ0) is 14.6. The highest BCUT2D eigenvalue weighted by Gasteiger charge is 2.33. The van der Waals surface area contributed by atoms with Crippen LogP contribution in [-0.2, 0) is 14.3 Å². The summed E-state index contributed by atoms with van der Waals surface area (Å²) in [4.78, 5) is 25.1. The van der Waals surface area contributed by atoms with Crippen molar-refractivity contribution in [1.82, 2.24) is 4.90 Å². The van der Waals surface area contributed by atoms with Crippen LogP contribution in [0, 0.1) is 0 Å². The van der Waals surface area contributed by atoms with Crippen LogP contribution in [0.15, 0.2) is 12.2 Å². The van der Waals surface area contributed by atoms with Gasteiger partial charge in [0.25, 0.3) is 0 Å². The second-order valence-electron chi connectivity index (χ2n) is 5.77.